The number of rotatable bonds is 3. The number of hydrogen-bond donors (Lipinski definition) is 0. The highest BCUT2D eigenvalue weighted by Crippen LogP contribution is 2.16. The average Bonchev–Trinajstić information content (AvgIpc) is 2.65. The van der Waals surface area contributed by atoms with Crippen molar-refractivity contribution >= 4 is 11.8 Å². The molecule has 0 bridgehead atoms. The van der Waals surface area contributed by atoms with Crippen LogP contribution < -0.4 is 0 Å². The van der Waals surface area contributed by atoms with Gasteiger partial charge in [-0.2, -0.15) is 0 Å². The molecule has 0 radical (unpaired) electrons. The summed E-state index contributed by atoms with van der Waals surface area (Å²) in [6.45, 7) is 9.29. The molecule has 0 aromatic heterocycles. The van der Waals surface area contributed by atoms with Crippen molar-refractivity contribution in [1.29, 1.82) is 0 Å². The van der Waals surface area contributed by atoms with Gasteiger partial charge in [-0.3, -0.25) is 14.5 Å². The van der Waals surface area contributed by atoms with Crippen molar-refractivity contribution in [2.75, 3.05) is 45.8 Å². The number of amides is 2. The van der Waals surface area contributed by atoms with E-state index >= 15 is 0 Å². The molecule has 0 atom stereocenters. The molecule has 2 aliphatic rings. The van der Waals surface area contributed by atoms with Crippen LogP contribution in [0.25, 0.3) is 0 Å². The van der Waals surface area contributed by atoms with Crippen molar-refractivity contribution in [3.8, 4) is 0 Å². The van der Waals surface area contributed by atoms with E-state index in [9.17, 15) is 9.59 Å². The lowest BCUT2D eigenvalue weighted by Crippen LogP contribution is -2.52. The lowest BCUT2D eigenvalue weighted by Gasteiger charge is -2.36. The highest BCUT2D eigenvalue weighted by Gasteiger charge is 2.26. The van der Waals surface area contributed by atoms with E-state index in [2.05, 4.69) is 4.90 Å². The summed E-state index contributed by atoms with van der Waals surface area (Å²) in [7, 11) is 0. The molecule has 2 amide bonds. The lowest BCUT2D eigenvalue weighted by atomic mass is 10.0. The lowest BCUT2D eigenvalue weighted by molar-refractivity contribution is -0.133. The van der Waals surface area contributed by atoms with E-state index in [4.69, 9.17) is 0 Å². The highest BCUT2D eigenvalue weighted by atomic mass is 16.2. The molecule has 5 nitrogen and oxygen atoms in total. The fourth-order valence-corrected chi connectivity index (χ4v) is 3.70. The molecular weight excluding hydrogens is 314 g/mol. The van der Waals surface area contributed by atoms with Crippen LogP contribution in [0.4, 0.5) is 0 Å². The molecule has 1 aromatic carbocycles. The number of nitrogens with zero attached hydrogens (tertiary/aromatic N) is 3. The zero-order valence-electron chi connectivity index (χ0n) is 15.5. The minimum atomic E-state index is 0.114. The Morgan fingerprint density at radius 2 is 1.56 bits per heavy atom. The maximum atomic E-state index is 12.8. The number of likely N-dealkylation sites (tertiary alicyclic amines) is 1. The summed E-state index contributed by atoms with van der Waals surface area (Å²) >= 11 is 0. The van der Waals surface area contributed by atoms with Gasteiger partial charge in [0.15, 0.2) is 0 Å². The molecule has 2 fully saturated rings. The van der Waals surface area contributed by atoms with E-state index in [0.29, 0.717) is 19.6 Å². The number of benzene rings is 1. The van der Waals surface area contributed by atoms with Crippen molar-refractivity contribution in [1.82, 2.24) is 14.7 Å². The third kappa shape index (κ3) is 4.21. The molecule has 2 heterocycles. The maximum Gasteiger partial charge on any atom is 0.254 e. The molecule has 3 rings (SSSR count). The minimum Gasteiger partial charge on any atom is -0.342 e. The van der Waals surface area contributed by atoms with Gasteiger partial charge in [0, 0.05) is 44.8 Å². The van der Waals surface area contributed by atoms with Crippen LogP contribution in [0, 0.1) is 13.8 Å². The number of piperidine rings is 1. The summed E-state index contributed by atoms with van der Waals surface area (Å²) in [6, 6.07) is 5.90. The molecule has 5 heteroatoms. The SMILES string of the molecule is Cc1cccc(C(=O)N2CCN(CC(=O)N3CCCCC3)CC2)c1C. The third-order valence-corrected chi connectivity index (χ3v) is 5.56. The Bertz CT molecular complexity index is 630. The van der Waals surface area contributed by atoms with Crippen LogP contribution in [0.15, 0.2) is 18.2 Å². The van der Waals surface area contributed by atoms with E-state index in [-0.39, 0.29) is 11.8 Å². The van der Waals surface area contributed by atoms with Crippen molar-refractivity contribution in [3.63, 3.8) is 0 Å². The van der Waals surface area contributed by atoms with Crippen LogP contribution in [0.2, 0.25) is 0 Å². The van der Waals surface area contributed by atoms with Crippen molar-refractivity contribution in [3.05, 3.63) is 34.9 Å². The summed E-state index contributed by atoms with van der Waals surface area (Å²) in [5, 5.41) is 0. The van der Waals surface area contributed by atoms with Gasteiger partial charge in [0.2, 0.25) is 5.91 Å². The first-order chi connectivity index (χ1) is 12.1. The number of carbonyl (C=O) groups is 2. The van der Waals surface area contributed by atoms with E-state index in [1.807, 2.05) is 41.8 Å². The first kappa shape index (κ1) is 17.9. The largest absolute Gasteiger partial charge is 0.342 e. The molecule has 0 saturated carbocycles. The zero-order chi connectivity index (χ0) is 17.8. The number of piperazine rings is 1. The highest BCUT2D eigenvalue weighted by molar-refractivity contribution is 5.96. The molecule has 0 unspecified atom stereocenters. The smallest absolute Gasteiger partial charge is 0.254 e. The van der Waals surface area contributed by atoms with E-state index < -0.39 is 0 Å². The topological polar surface area (TPSA) is 43.9 Å². The number of carbonyl (C=O) groups excluding carboxylic acids is 2. The van der Waals surface area contributed by atoms with Gasteiger partial charge in [-0.15, -0.1) is 0 Å². The Hall–Kier alpha value is -1.88. The van der Waals surface area contributed by atoms with Crippen LogP contribution in [0.1, 0.15) is 40.7 Å². The Balaban J connectivity index is 1.52. The summed E-state index contributed by atoms with van der Waals surface area (Å²) in [6.07, 6.45) is 3.50. The normalized spacial score (nSPS) is 19.1. The summed E-state index contributed by atoms with van der Waals surface area (Å²) in [5.74, 6) is 0.359. The maximum absolute atomic E-state index is 12.8. The van der Waals surface area contributed by atoms with Crippen LogP contribution in [0.3, 0.4) is 0 Å². The Morgan fingerprint density at radius 3 is 2.24 bits per heavy atom. The van der Waals surface area contributed by atoms with E-state index in [1.165, 1.54) is 6.42 Å². The first-order valence-electron chi connectivity index (χ1n) is 9.42. The number of hydrogen-bond acceptors (Lipinski definition) is 3. The molecule has 0 N–H and O–H groups in total. The monoisotopic (exact) mass is 343 g/mol. The van der Waals surface area contributed by atoms with E-state index in [0.717, 1.165) is 55.7 Å². The van der Waals surface area contributed by atoms with Crippen LogP contribution >= 0.6 is 0 Å². The van der Waals surface area contributed by atoms with Crippen LogP contribution in [-0.4, -0.2) is 72.3 Å². The fourth-order valence-electron chi connectivity index (χ4n) is 3.70. The number of aryl methyl sites for hydroxylation is 1. The zero-order valence-corrected chi connectivity index (χ0v) is 15.5. The second-order valence-corrected chi connectivity index (χ2v) is 7.26. The summed E-state index contributed by atoms with van der Waals surface area (Å²) < 4.78 is 0. The quantitative estimate of drug-likeness (QED) is 0.844. The predicted molar refractivity (Wildman–Crippen MR) is 98.7 cm³/mol. The van der Waals surface area contributed by atoms with Crippen molar-refractivity contribution < 1.29 is 9.59 Å². The van der Waals surface area contributed by atoms with Gasteiger partial charge in [0.25, 0.3) is 5.91 Å². The molecule has 2 saturated heterocycles. The first-order valence-corrected chi connectivity index (χ1v) is 9.42. The van der Waals surface area contributed by atoms with Gasteiger partial charge in [0.1, 0.15) is 0 Å². The second kappa shape index (κ2) is 8.00. The fraction of sp³-hybridized carbons (Fsp3) is 0.600. The van der Waals surface area contributed by atoms with Gasteiger partial charge in [-0.25, -0.2) is 0 Å². The third-order valence-electron chi connectivity index (χ3n) is 5.56. The average molecular weight is 343 g/mol. The molecule has 136 valence electrons. The summed E-state index contributed by atoms with van der Waals surface area (Å²) in [4.78, 5) is 31.3. The predicted octanol–water partition coefficient (Wildman–Crippen LogP) is 2.07. The van der Waals surface area contributed by atoms with Gasteiger partial charge in [0.05, 0.1) is 6.54 Å². The minimum absolute atomic E-state index is 0.114. The molecule has 0 spiro atoms. The van der Waals surface area contributed by atoms with Crippen molar-refractivity contribution in [2.45, 2.75) is 33.1 Å². The Morgan fingerprint density at radius 1 is 0.880 bits per heavy atom. The summed E-state index contributed by atoms with van der Waals surface area (Å²) in [5.41, 5.74) is 3.02. The van der Waals surface area contributed by atoms with Gasteiger partial charge in [-0.05, 0) is 50.3 Å². The second-order valence-electron chi connectivity index (χ2n) is 7.26. The molecular formula is C20H29N3O2. The molecule has 25 heavy (non-hydrogen) atoms. The van der Waals surface area contributed by atoms with Crippen LogP contribution in [-0.2, 0) is 4.79 Å². The van der Waals surface area contributed by atoms with Gasteiger partial charge >= 0.3 is 0 Å². The Kier molecular flexibility index (Phi) is 5.74. The Labute approximate surface area is 150 Å². The standard InChI is InChI=1S/C20H29N3O2/c1-16-7-6-8-18(17(16)2)20(25)23-13-11-21(12-14-23)15-19(24)22-9-4-3-5-10-22/h6-8H,3-5,9-15H2,1-2H3. The van der Waals surface area contributed by atoms with Crippen LogP contribution in [0.5, 0.6) is 0 Å². The molecule has 0 aliphatic carbocycles. The van der Waals surface area contributed by atoms with E-state index in [1.54, 1.807) is 0 Å². The van der Waals surface area contributed by atoms with Gasteiger partial charge < -0.3 is 9.80 Å². The molecule has 2 aliphatic heterocycles. The van der Waals surface area contributed by atoms with Gasteiger partial charge in [-0.1, -0.05) is 12.1 Å². The molecule has 1 aromatic rings. The van der Waals surface area contributed by atoms with Crippen molar-refractivity contribution in [2.24, 2.45) is 0 Å².